The third-order valence-electron chi connectivity index (χ3n) is 7.67. The Morgan fingerprint density at radius 2 is 1.00 bits per heavy atom. The van der Waals surface area contributed by atoms with Crippen molar-refractivity contribution in [2.75, 3.05) is 0 Å². The average molecular weight is 498 g/mol. The van der Waals surface area contributed by atoms with Crippen LogP contribution in [0.15, 0.2) is 134 Å². The van der Waals surface area contributed by atoms with Crippen LogP contribution in [-0.4, -0.2) is 15.0 Å². The minimum Gasteiger partial charge on any atom is -0.353 e. The van der Waals surface area contributed by atoms with E-state index < -0.39 is 0 Å². The molecule has 39 heavy (non-hydrogen) atoms. The molecule has 5 aromatic carbocycles. The van der Waals surface area contributed by atoms with Crippen LogP contribution < -0.4 is 0 Å². The number of rotatable bonds is 3. The first-order valence-corrected chi connectivity index (χ1v) is 13.2. The third kappa shape index (κ3) is 3.44. The fraction of sp³-hybridized carbons (Fsp3) is 0. The van der Waals surface area contributed by atoms with E-state index in [2.05, 4.69) is 113 Å². The van der Waals surface area contributed by atoms with Crippen molar-refractivity contribution in [1.29, 1.82) is 0 Å². The largest absolute Gasteiger partial charge is 0.353 e. The second-order valence-electron chi connectivity index (χ2n) is 9.93. The van der Waals surface area contributed by atoms with Crippen LogP contribution in [0.5, 0.6) is 0 Å². The molecule has 3 nitrogen and oxygen atoms in total. The highest BCUT2D eigenvalue weighted by Crippen LogP contribution is 2.44. The number of fused-ring (bicyclic) bond motifs is 7. The number of aromatic nitrogens is 3. The minimum absolute atomic E-state index is 0.961. The molecular formula is C36H23N3. The Kier molecular flexibility index (Phi) is 4.82. The molecule has 8 aromatic rings. The van der Waals surface area contributed by atoms with E-state index in [1.807, 2.05) is 30.6 Å². The summed E-state index contributed by atoms with van der Waals surface area (Å²) in [5, 5.41) is 7.39. The Morgan fingerprint density at radius 3 is 1.67 bits per heavy atom. The second kappa shape index (κ2) is 8.64. The van der Waals surface area contributed by atoms with Gasteiger partial charge in [0.1, 0.15) is 0 Å². The van der Waals surface area contributed by atoms with Crippen LogP contribution in [0.25, 0.3) is 77.0 Å². The molecule has 182 valence electrons. The maximum atomic E-state index is 4.74. The van der Waals surface area contributed by atoms with E-state index in [1.54, 1.807) is 0 Å². The van der Waals surface area contributed by atoms with E-state index >= 15 is 0 Å². The molecule has 0 spiro atoms. The van der Waals surface area contributed by atoms with Gasteiger partial charge in [-0.1, -0.05) is 78.9 Å². The van der Waals surface area contributed by atoms with Gasteiger partial charge in [-0.2, -0.15) is 0 Å². The zero-order valence-corrected chi connectivity index (χ0v) is 21.1. The Morgan fingerprint density at radius 1 is 0.436 bits per heavy atom. The quantitative estimate of drug-likeness (QED) is 0.264. The molecule has 0 saturated carbocycles. The van der Waals surface area contributed by atoms with Crippen molar-refractivity contribution in [3.63, 3.8) is 0 Å². The summed E-state index contributed by atoms with van der Waals surface area (Å²) in [4.78, 5) is 13.2. The van der Waals surface area contributed by atoms with Crippen molar-refractivity contribution in [2.24, 2.45) is 0 Å². The molecular weight excluding hydrogens is 474 g/mol. The van der Waals surface area contributed by atoms with Gasteiger partial charge >= 0.3 is 0 Å². The highest BCUT2D eigenvalue weighted by molar-refractivity contribution is 6.32. The minimum atomic E-state index is 0.961. The molecule has 0 fully saturated rings. The molecule has 1 N–H and O–H groups in total. The summed E-state index contributed by atoms with van der Waals surface area (Å²) in [7, 11) is 0. The number of nitrogens with one attached hydrogen (secondary N) is 1. The Labute approximate surface area is 225 Å². The van der Waals surface area contributed by atoms with Gasteiger partial charge < -0.3 is 4.98 Å². The molecule has 0 radical (unpaired) electrons. The second-order valence-corrected chi connectivity index (χ2v) is 9.93. The Hall–Kier alpha value is -5.28. The van der Waals surface area contributed by atoms with Gasteiger partial charge in [0.25, 0.3) is 0 Å². The van der Waals surface area contributed by atoms with Crippen molar-refractivity contribution < 1.29 is 0 Å². The monoisotopic (exact) mass is 497 g/mol. The Bertz CT molecular complexity index is 2160. The number of aromatic amines is 1. The normalized spacial score (nSPS) is 11.6. The summed E-state index contributed by atoms with van der Waals surface area (Å²) < 4.78 is 0. The van der Waals surface area contributed by atoms with Gasteiger partial charge in [-0.15, -0.1) is 0 Å². The number of benzene rings is 5. The van der Waals surface area contributed by atoms with Crippen molar-refractivity contribution in [1.82, 2.24) is 15.0 Å². The summed E-state index contributed by atoms with van der Waals surface area (Å²) in [5.74, 6) is 0. The Balaban J connectivity index is 1.54. The predicted octanol–water partition coefficient (Wildman–Crippen LogP) is 9.42. The summed E-state index contributed by atoms with van der Waals surface area (Å²) in [6, 6.07) is 42.8. The van der Waals surface area contributed by atoms with Crippen LogP contribution >= 0.6 is 0 Å². The molecule has 3 heterocycles. The summed E-state index contributed by atoms with van der Waals surface area (Å²) in [6.07, 6.45) is 3.71. The zero-order valence-electron chi connectivity index (χ0n) is 21.1. The highest BCUT2D eigenvalue weighted by Gasteiger charge is 2.19. The summed E-state index contributed by atoms with van der Waals surface area (Å²) in [6.45, 7) is 0. The molecule has 0 bridgehead atoms. The number of nitrogens with zero attached hydrogens (tertiary/aromatic N) is 2. The first-order valence-electron chi connectivity index (χ1n) is 13.2. The number of pyridine rings is 2. The fourth-order valence-electron chi connectivity index (χ4n) is 5.93. The smallest absolute Gasteiger partial charge is 0.0723 e. The topological polar surface area (TPSA) is 41.6 Å². The van der Waals surface area contributed by atoms with Crippen molar-refractivity contribution in [2.45, 2.75) is 0 Å². The van der Waals surface area contributed by atoms with Crippen LogP contribution in [0.2, 0.25) is 0 Å². The van der Waals surface area contributed by atoms with Gasteiger partial charge in [-0.3, -0.25) is 9.97 Å². The van der Waals surface area contributed by atoms with Crippen molar-refractivity contribution in [3.8, 4) is 33.6 Å². The van der Waals surface area contributed by atoms with Crippen LogP contribution in [0, 0.1) is 0 Å². The molecule has 0 aliphatic heterocycles. The number of H-pyrrole nitrogens is 1. The van der Waals surface area contributed by atoms with E-state index in [9.17, 15) is 0 Å². The van der Waals surface area contributed by atoms with Gasteiger partial charge in [0, 0.05) is 39.9 Å². The standard InChI is InChI=1S/C36H23N3/c1-3-14-27-24(10-1)21-29(23-12-9-13-26(20-23)31-16-5-7-18-37-31)35-33(27)34-28-15-4-2-11-25(28)22-30(36(34)39-35)32-17-6-8-19-38-32/h1-22,39H. The maximum Gasteiger partial charge on any atom is 0.0723 e. The van der Waals surface area contributed by atoms with Gasteiger partial charge in [0.05, 0.1) is 22.4 Å². The van der Waals surface area contributed by atoms with Gasteiger partial charge in [0.2, 0.25) is 0 Å². The molecule has 8 rings (SSSR count). The maximum absolute atomic E-state index is 4.74. The molecule has 3 heteroatoms. The fourth-order valence-corrected chi connectivity index (χ4v) is 5.93. The van der Waals surface area contributed by atoms with E-state index in [-0.39, 0.29) is 0 Å². The van der Waals surface area contributed by atoms with E-state index in [0.29, 0.717) is 0 Å². The zero-order chi connectivity index (χ0) is 25.8. The first-order chi connectivity index (χ1) is 19.3. The molecule has 3 aromatic heterocycles. The molecule has 0 atom stereocenters. The summed E-state index contributed by atoms with van der Waals surface area (Å²) >= 11 is 0. The van der Waals surface area contributed by atoms with Crippen LogP contribution in [-0.2, 0) is 0 Å². The van der Waals surface area contributed by atoms with Crippen molar-refractivity contribution in [3.05, 3.63) is 134 Å². The lowest BCUT2D eigenvalue weighted by atomic mass is 9.93. The van der Waals surface area contributed by atoms with Gasteiger partial charge in [0.15, 0.2) is 0 Å². The molecule has 0 amide bonds. The predicted molar refractivity (Wildman–Crippen MR) is 163 cm³/mol. The number of hydrogen-bond acceptors (Lipinski definition) is 2. The lowest BCUT2D eigenvalue weighted by molar-refractivity contribution is 1.33. The highest BCUT2D eigenvalue weighted by atomic mass is 14.7. The van der Waals surface area contributed by atoms with E-state index in [4.69, 9.17) is 4.98 Å². The van der Waals surface area contributed by atoms with E-state index in [0.717, 1.165) is 39.1 Å². The molecule has 0 aliphatic carbocycles. The lowest BCUT2D eigenvalue weighted by Crippen LogP contribution is -1.86. The van der Waals surface area contributed by atoms with Gasteiger partial charge in [-0.25, -0.2) is 0 Å². The SMILES string of the molecule is c1ccc(-c2cccc(-c3cc4ccccc4c4c3[nH]c3c(-c5ccccn5)cc5ccccc5c34)c2)nc1. The summed E-state index contributed by atoms with van der Waals surface area (Å²) in [5.41, 5.74) is 8.72. The van der Waals surface area contributed by atoms with Crippen LogP contribution in [0.3, 0.4) is 0 Å². The van der Waals surface area contributed by atoms with Crippen molar-refractivity contribution >= 4 is 43.4 Å². The van der Waals surface area contributed by atoms with Crippen LogP contribution in [0.1, 0.15) is 0 Å². The average Bonchev–Trinajstić information content (AvgIpc) is 3.43. The lowest BCUT2D eigenvalue weighted by Gasteiger charge is -2.10. The molecule has 0 unspecified atom stereocenters. The first kappa shape index (κ1) is 21.8. The molecule has 0 aliphatic rings. The van der Waals surface area contributed by atoms with Crippen LogP contribution in [0.4, 0.5) is 0 Å². The van der Waals surface area contributed by atoms with E-state index in [1.165, 1.54) is 37.9 Å². The van der Waals surface area contributed by atoms with Gasteiger partial charge in [-0.05, 0) is 69.6 Å². The molecule has 0 saturated heterocycles. The number of hydrogen-bond donors (Lipinski definition) is 1. The third-order valence-corrected chi connectivity index (χ3v) is 7.67.